The van der Waals surface area contributed by atoms with Crippen LogP contribution in [0.5, 0.6) is 5.75 Å². The number of aromatic nitrogens is 2. The number of para-hydroxylation sites is 1. The number of rotatable bonds is 7. The third kappa shape index (κ3) is 3.96. The maximum absolute atomic E-state index is 13.1. The zero-order valence-corrected chi connectivity index (χ0v) is 15.6. The highest BCUT2D eigenvalue weighted by Gasteiger charge is 2.13. The maximum atomic E-state index is 13.1. The van der Waals surface area contributed by atoms with Gasteiger partial charge >= 0.3 is 0 Å². The first-order valence-corrected chi connectivity index (χ1v) is 9.37. The molecule has 0 amide bonds. The summed E-state index contributed by atoms with van der Waals surface area (Å²) in [4.78, 5) is 28.9. The molecule has 0 aliphatic rings. The zero-order chi connectivity index (χ0) is 18.5. The Kier molecular flexibility index (Phi) is 5.73. The van der Waals surface area contributed by atoms with Gasteiger partial charge in [-0.1, -0.05) is 30.0 Å². The predicted molar refractivity (Wildman–Crippen MR) is 105 cm³/mol. The lowest BCUT2D eigenvalue weighted by Gasteiger charge is -2.14. The minimum absolute atomic E-state index is 0.113. The van der Waals surface area contributed by atoms with Crippen molar-refractivity contribution in [2.75, 3.05) is 12.9 Å². The Morgan fingerprint density at radius 3 is 2.77 bits per heavy atom. The highest BCUT2D eigenvalue weighted by atomic mass is 32.2. The van der Waals surface area contributed by atoms with Gasteiger partial charge in [0.1, 0.15) is 11.5 Å². The summed E-state index contributed by atoms with van der Waals surface area (Å²) in [6.45, 7) is 1.59. The van der Waals surface area contributed by atoms with Crippen molar-refractivity contribution >= 4 is 28.4 Å². The van der Waals surface area contributed by atoms with E-state index in [2.05, 4.69) is 4.98 Å². The van der Waals surface area contributed by atoms with Gasteiger partial charge in [-0.25, -0.2) is 4.98 Å². The molecule has 0 N–H and O–H groups in total. The molecule has 2 aromatic carbocycles. The number of Topliss-reactive ketones (excluding diaryl/α,β-unsaturated/α-hetero) is 1. The molecule has 0 bridgehead atoms. The third-order valence-corrected chi connectivity index (χ3v) is 4.99. The fourth-order valence-electron chi connectivity index (χ4n) is 2.67. The van der Waals surface area contributed by atoms with Crippen molar-refractivity contribution < 1.29 is 9.53 Å². The summed E-state index contributed by atoms with van der Waals surface area (Å²) in [6.07, 6.45) is 1.28. The number of nitrogens with zero attached hydrogens (tertiary/aromatic N) is 2. The molecule has 6 heteroatoms. The smallest absolute Gasteiger partial charge is 0.266 e. The molecule has 0 radical (unpaired) electrons. The van der Waals surface area contributed by atoms with E-state index in [-0.39, 0.29) is 11.3 Å². The van der Waals surface area contributed by atoms with Crippen LogP contribution in [0.3, 0.4) is 0 Å². The van der Waals surface area contributed by atoms with E-state index in [1.807, 2.05) is 42.5 Å². The van der Waals surface area contributed by atoms with Crippen LogP contribution in [0.4, 0.5) is 0 Å². The number of carbonyl (C=O) groups is 1. The van der Waals surface area contributed by atoms with Crippen molar-refractivity contribution in [1.29, 1.82) is 0 Å². The van der Waals surface area contributed by atoms with Gasteiger partial charge in [-0.15, -0.1) is 0 Å². The number of benzene rings is 2. The number of ether oxygens (including phenoxy) is 1. The Labute approximate surface area is 156 Å². The molecule has 0 fully saturated rings. The maximum Gasteiger partial charge on any atom is 0.266 e. The van der Waals surface area contributed by atoms with Gasteiger partial charge in [-0.2, -0.15) is 0 Å². The lowest BCUT2D eigenvalue weighted by atomic mass is 10.2. The molecule has 1 heterocycles. The summed E-state index contributed by atoms with van der Waals surface area (Å²) in [7, 11) is 1.60. The third-order valence-electron chi connectivity index (χ3n) is 3.96. The fourth-order valence-corrected chi connectivity index (χ4v) is 3.62. The summed E-state index contributed by atoms with van der Waals surface area (Å²) in [5.74, 6) is 1.56. The van der Waals surface area contributed by atoms with Gasteiger partial charge in [0.2, 0.25) is 0 Å². The normalized spacial score (nSPS) is 10.8. The van der Waals surface area contributed by atoms with Crippen LogP contribution in [0, 0.1) is 0 Å². The second-order valence-electron chi connectivity index (χ2n) is 5.91. The van der Waals surface area contributed by atoms with E-state index < -0.39 is 0 Å². The Bertz CT molecular complexity index is 998. The number of thioether (sulfide) groups is 1. The molecule has 0 saturated heterocycles. The molecule has 0 saturated carbocycles. The van der Waals surface area contributed by atoms with Gasteiger partial charge in [0.05, 0.1) is 23.7 Å². The molecule has 134 valence electrons. The molecular weight excluding hydrogens is 348 g/mol. The number of methoxy groups -OCH3 is 1. The highest BCUT2D eigenvalue weighted by molar-refractivity contribution is 7.99. The summed E-state index contributed by atoms with van der Waals surface area (Å²) < 4.78 is 6.90. The topological polar surface area (TPSA) is 61.2 Å². The Morgan fingerprint density at radius 2 is 2.00 bits per heavy atom. The van der Waals surface area contributed by atoms with Crippen LogP contribution in [0.1, 0.15) is 19.8 Å². The van der Waals surface area contributed by atoms with Crippen LogP contribution >= 0.6 is 11.8 Å². The van der Waals surface area contributed by atoms with Crippen molar-refractivity contribution in [3.05, 3.63) is 58.9 Å². The van der Waals surface area contributed by atoms with Crippen LogP contribution < -0.4 is 10.3 Å². The summed E-state index contributed by atoms with van der Waals surface area (Å²) >= 11 is 1.49. The summed E-state index contributed by atoms with van der Waals surface area (Å²) in [5.41, 5.74) is 1.27. The molecule has 1 aromatic heterocycles. The van der Waals surface area contributed by atoms with Crippen molar-refractivity contribution in [2.45, 2.75) is 24.9 Å². The van der Waals surface area contributed by atoms with Crippen molar-refractivity contribution in [3.8, 4) is 11.4 Å². The van der Waals surface area contributed by atoms with Crippen LogP contribution in [0.15, 0.2) is 58.5 Å². The summed E-state index contributed by atoms with van der Waals surface area (Å²) in [5, 5.41) is 1.19. The van der Waals surface area contributed by atoms with Gasteiger partial charge in [-0.05, 0) is 37.6 Å². The Morgan fingerprint density at radius 1 is 1.19 bits per heavy atom. The second-order valence-corrected chi connectivity index (χ2v) is 6.97. The average molecular weight is 368 g/mol. The Hall–Kier alpha value is -2.60. The van der Waals surface area contributed by atoms with Gasteiger partial charge in [0.15, 0.2) is 5.16 Å². The van der Waals surface area contributed by atoms with Gasteiger partial charge in [-0.3, -0.25) is 9.36 Å². The van der Waals surface area contributed by atoms with Crippen LogP contribution in [-0.4, -0.2) is 28.2 Å². The standard InChI is InChI=1S/C20H20N2O3S/c1-14(23)7-6-12-26-20-21-18-11-4-3-10-17(18)19(24)22(20)15-8-5-9-16(13-15)25-2/h3-5,8-11,13H,6-7,12H2,1-2H3. The van der Waals surface area contributed by atoms with Crippen LogP contribution in [0.2, 0.25) is 0 Å². The van der Waals surface area contributed by atoms with Crippen LogP contribution in [0.25, 0.3) is 16.6 Å². The van der Waals surface area contributed by atoms with E-state index in [0.29, 0.717) is 39.7 Å². The molecule has 26 heavy (non-hydrogen) atoms. The first-order valence-electron chi connectivity index (χ1n) is 8.38. The fraction of sp³-hybridized carbons (Fsp3) is 0.250. The number of ketones is 1. The predicted octanol–water partition coefficient (Wildman–Crippen LogP) is 3.86. The molecule has 0 aliphatic carbocycles. The van der Waals surface area contributed by atoms with E-state index in [1.165, 1.54) is 11.8 Å². The minimum Gasteiger partial charge on any atom is -0.497 e. The number of hydrogen-bond acceptors (Lipinski definition) is 5. The zero-order valence-electron chi connectivity index (χ0n) is 14.8. The van der Waals surface area contributed by atoms with E-state index in [1.54, 1.807) is 24.7 Å². The molecular formula is C20H20N2O3S. The van der Waals surface area contributed by atoms with Gasteiger partial charge in [0, 0.05) is 18.2 Å². The molecule has 3 aromatic rings. The molecule has 0 atom stereocenters. The van der Waals surface area contributed by atoms with Crippen LogP contribution in [-0.2, 0) is 4.79 Å². The number of hydrogen-bond donors (Lipinski definition) is 0. The average Bonchev–Trinajstić information content (AvgIpc) is 2.65. The van der Waals surface area contributed by atoms with Gasteiger partial charge < -0.3 is 9.53 Å². The SMILES string of the molecule is COc1cccc(-n2c(SCCCC(C)=O)nc3ccccc3c2=O)c1. The molecule has 0 spiro atoms. The first kappa shape index (κ1) is 18.2. The highest BCUT2D eigenvalue weighted by Crippen LogP contribution is 2.24. The van der Waals surface area contributed by atoms with Crippen molar-refractivity contribution in [3.63, 3.8) is 0 Å². The lowest BCUT2D eigenvalue weighted by molar-refractivity contribution is -0.117. The Balaban J connectivity index is 2.08. The molecule has 0 aliphatic heterocycles. The van der Waals surface area contributed by atoms with Crippen molar-refractivity contribution in [2.24, 2.45) is 0 Å². The van der Waals surface area contributed by atoms with Gasteiger partial charge in [0.25, 0.3) is 5.56 Å². The largest absolute Gasteiger partial charge is 0.497 e. The quantitative estimate of drug-likeness (QED) is 0.360. The van der Waals surface area contributed by atoms with E-state index in [4.69, 9.17) is 4.74 Å². The first-order chi connectivity index (χ1) is 12.6. The van der Waals surface area contributed by atoms with Crippen molar-refractivity contribution in [1.82, 2.24) is 9.55 Å². The van der Waals surface area contributed by atoms with E-state index in [0.717, 1.165) is 6.42 Å². The lowest BCUT2D eigenvalue weighted by Crippen LogP contribution is -2.21. The van der Waals surface area contributed by atoms with E-state index in [9.17, 15) is 9.59 Å². The summed E-state index contributed by atoms with van der Waals surface area (Å²) in [6, 6.07) is 14.7. The molecule has 0 unspecified atom stereocenters. The molecule has 3 rings (SSSR count). The monoisotopic (exact) mass is 368 g/mol. The number of carbonyl (C=O) groups excluding carboxylic acids is 1. The number of fused-ring (bicyclic) bond motifs is 1. The molecule has 5 nitrogen and oxygen atoms in total. The second kappa shape index (κ2) is 8.19. The minimum atomic E-state index is -0.113. The van der Waals surface area contributed by atoms with E-state index >= 15 is 0 Å².